The van der Waals surface area contributed by atoms with E-state index in [0.717, 1.165) is 24.6 Å². The molecule has 0 aromatic carbocycles. The van der Waals surface area contributed by atoms with Crippen molar-refractivity contribution in [1.82, 2.24) is 9.88 Å². The van der Waals surface area contributed by atoms with E-state index in [1.165, 1.54) is 25.7 Å². The minimum absolute atomic E-state index is 0. The number of guanidine groups is 1. The molecule has 5 nitrogen and oxygen atoms in total. The molecule has 118 valence electrons. The lowest BCUT2D eigenvalue weighted by molar-refractivity contribution is 0.428. The van der Waals surface area contributed by atoms with Gasteiger partial charge in [-0.05, 0) is 25.0 Å². The summed E-state index contributed by atoms with van der Waals surface area (Å²) in [5.41, 5.74) is 7.05. The summed E-state index contributed by atoms with van der Waals surface area (Å²) >= 11 is 0. The summed E-state index contributed by atoms with van der Waals surface area (Å²) in [6.07, 6.45) is 5.03. The lowest BCUT2D eigenvalue weighted by atomic mass is 10.2. The summed E-state index contributed by atoms with van der Waals surface area (Å²) in [6.45, 7) is 2.60. The Morgan fingerprint density at radius 2 is 1.90 bits per heavy atom. The largest absolute Gasteiger partial charge is 0.370 e. The molecule has 1 saturated heterocycles. The fourth-order valence-corrected chi connectivity index (χ4v) is 2.37. The van der Waals surface area contributed by atoms with E-state index in [0.29, 0.717) is 12.5 Å². The molecule has 1 aromatic heterocycles. The Kier molecular flexibility index (Phi) is 7.77. The van der Waals surface area contributed by atoms with Crippen LogP contribution in [0.15, 0.2) is 23.2 Å². The van der Waals surface area contributed by atoms with E-state index in [4.69, 9.17) is 5.73 Å². The Morgan fingerprint density at radius 1 is 1.24 bits per heavy atom. The van der Waals surface area contributed by atoms with Crippen molar-refractivity contribution in [3.8, 4) is 0 Å². The van der Waals surface area contributed by atoms with Crippen LogP contribution in [-0.4, -0.2) is 43.0 Å². The van der Waals surface area contributed by atoms with Gasteiger partial charge in [0.15, 0.2) is 5.96 Å². The molecule has 1 aliphatic heterocycles. The second-order valence-electron chi connectivity index (χ2n) is 5.46. The molecule has 0 spiro atoms. The highest BCUT2D eigenvalue weighted by Crippen LogP contribution is 2.11. The van der Waals surface area contributed by atoms with Crippen molar-refractivity contribution in [2.75, 3.05) is 32.1 Å². The fraction of sp³-hybridized carbons (Fsp3) is 0.600. The molecule has 21 heavy (non-hydrogen) atoms. The van der Waals surface area contributed by atoms with Gasteiger partial charge < -0.3 is 15.5 Å². The van der Waals surface area contributed by atoms with E-state index in [1.807, 2.05) is 37.2 Å². The van der Waals surface area contributed by atoms with Gasteiger partial charge in [-0.3, -0.25) is 0 Å². The quantitative estimate of drug-likeness (QED) is 0.479. The number of hydrogen-bond acceptors (Lipinski definition) is 3. The van der Waals surface area contributed by atoms with Crippen molar-refractivity contribution in [3.05, 3.63) is 23.9 Å². The molecule has 2 rings (SSSR count). The summed E-state index contributed by atoms with van der Waals surface area (Å²) in [5.74, 6) is 1.61. The number of rotatable bonds is 3. The van der Waals surface area contributed by atoms with E-state index in [2.05, 4.69) is 14.9 Å². The Hall–Kier alpha value is -1.05. The van der Waals surface area contributed by atoms with E-state index in [1.54, 1.807) is 0 Å². The van der Waals surface area contributed by atoms with Gasteiger partial charge in [0.2, 0.25) is 0 Å². The second-order valence-corrected chi connectivity index (χ2v) is 5.46. The molecule has 0 atom stereocenters. The van der Waals surface area contributed by atoms with Crippen molar-refractivity contribution in [2.24, 2.45) is 10.7 Å². The molecule has 2 N–H and O–H groups in total. The van der Waals surface area contributed by atoms with Gasteiger partial charge in [0.25, 0.3) is 0 Å². The van der Waals surface area contributed by atoms with Gasteiger partial charge in [0.1, 0.15) is 5.82 Å². The van der Waals surface area contributed by atoms with Crippen LogP contribution < -0.4 is 10.6 Å². The van der Waals surface area contributed by atoms with E-state index in [-0.39, 0.29) is 24.0 Å². The zero-order valence-electron chi connectivity index (χ0n) is 13.0. The van der Waals surface area contributed by atoms with Crippen LogP contribution in [0.4, 0.5) is 5.82 Å². The first-order valence-electron chi connectivity index (χ1n) is 7.35. The maximum Gasteiger partial charge on any atom is 0.191 e. The highest BCUT2D eigenvalue weighted by Gasteiger charge is 2.10. The van der Waals surface area contributed by atoms with Gasteiger partial charge in [0.05, 0.1) is 12.2 Å². The van der Waals surface area contributed by atoms with Crippen molar-refractivity contribution in [1.29, 1.82) is 0 Å². The average molecular weight is 403 g/mol. The number of nitrogens with two attached hydrogens (primary N) is 1. The Morgan fingerprint density at radius 3 is 2.52 bits per heavy atom. The normalized spacial score (nSPS) is 16.1. The first-order chi connectivity index (χ1) is 9.66. The minimum atomic E-state index is 0. The minimum Gasteiger partial charge on any atom is -0.370 e. The lowest BCUT2D eigenvalue weighted by Crippen LogP contribution is -2.38. The van der Waals surface area contributed by atoms with Crippen molar-refractivity contribution >= 4 is 35.8 Å². The second kappa shape index (κ2) is 9.07. The molecule has 0 unspecified atom stereocenters. The van der Waals surface area contributed by atoms with Crippen LogP contribution in [-0.2, 0) is 6.54 Å². The third-order valence-electron chi connectivity index (χ3n) is 3.58. The highest BCUT2D eigenvalue weighted by molar-refractivity contribution is 14.0. The van der Waals surface area contributed by atoms with Gasteiger partial charge >= 0.3 is 0 Å². The summed E-state index contributed by atoms with van der Waals surface area (Å²) in [6, 6.07) is 5.99. The van der Waals surface area contributed by atoms with Crippen LogP contribution in [0.2, 0.25) is 0 Å². The highest BCUT2D eigenvalue weighted by atomic mass is 127. The number of aliphatic imine (C=N–C) groups is 1. The molecule has 0 amide bonds. The molecule has 0 radical (unpaired) electrons. The number of halogens is 1. The summed E-state index contributed by atoms with van der Waals surface area (Å²) in [7, 11) is 3.97. The first-order valence-corrected chi connectivity index (χ1v) is 7.35. The topological polar surface area (TPSA) is 57.8 Å². The van der Waals surface area contributed by atoms with Crippen LogP contribution in [0.1, 0.15) is 31.4 Å². The lowest BCUT2D eigenvalue weighted by Gasteiger charge is -2.21. The predicted molar refractivity (Wildman–Crippen MR) is 99.3 cm³/mol. The molecule has 0 bridgehead atoms. The van der Waals surface area contributed by atoms with E-state index >= 15 is 0 Å². The molecular formula is C15H26IN5. The molecule has 1 aromatic rings. The number of likely N-dealkylation sites (tertiary alicyclic amines) is 1. The maximum absolute atomic E-state index is 6.10. The van der Waals surface area contributed by atoms with Gasteiger partial charge in [-0.15, -0.1) is 24.0 Å². The molecule has 6 heteroatoms. The number of nitrogens with zero attached hydrogens (tertiary/aromatic N) is 4. The van der Waals surface area contributed by atoms with Crippen LogP contribution in [0, 0.1) is 0 Å². The first kappa shape index (κ1) is 18.0. The number of anilines is 1. The zero-order valence-corrected chi connectivity index (χ0v) is 15.3. The Labute approximate surface area is 144 Å². The monoisotopic (exact) mass is 403 g/mol. The van der Waals surface area contributed by atoms with Gasteiger partial charge in [-0.1, -0.05) is 18.9 Å². The number of pyridine rings is 1. The Balaban J connectivity index is 0.00000220. The van der Waals surface area contributed by atoms with E-state index < -0.39 is 0 Å². The Bertz CT molecular complexity index is 453. The molecule has 1 aliphatic rings. The maximum atomic E-state index is 6.10. The van der Waals surface area contributed by atoms with Gasteiger partial charge in [-0.25, -0.2) is 9.98 Å². The third-order valence-corrected chi connectivity index (χ3v) is 3.58. The van der Waals surface area contributed by atoms with Crippen LogP contribution in [0.5, 0.6) is 0 Å². The summed E-state index contributed by atoms with van der Waals surface area (Å²) < 4.78 is 0. The van der Waals surface area contributed by atoms with Crippen molar-refractivity contribution in [3.63, 3.8) is 0 Å². The molecular weight excluding hydrogens is 377 g/mol. The number of hydrogen-bond donors (Lipinski definition) is 1. The fourth-order valence-electron chi connectivity index (χ4n) is 2.37. The summed E-state index contributed by atoms with van der Waals surface area (Å²) in [5, 5.41) is 0. The molecule has 0 aliphatic carbocycles. The van der Waals surface area contributed by atoms with Crippen molar-refractivity contribution < 1.29 is 0 Å². The standard InChI is InChI=1S/C15H25N5.HI/c1-19(2)14-9-7-8-13(18-14)12-17-15(16)20-10-5-3-4-6-11-20;/h7-9H,3-6,10-12H2,1-2H3,(H2,16,17);1H. The number of aromatic nitrogens is 1. The molecule has 2 heterocycles. The van der Waals surface area contributed by atoms with Crippen LogP contribution in [0.3, 0.4) is 0 Å². The van der Waals surface area contributed by atoms with E-state index in [9.17, 15) is 0 Å². The average Bonchev–Trinajstić information content (AvgIpc) is 2.74. The molecule has 0 saturated carbocycles. The third kappa shape index (κ3) is 5.68. The molecule has 1 fully saturated rings. The van der Waals surface area contributed by atoms with Gasteiger partial charge in [-0.2, -0.15) is 0 Å². The van der Waals surface area contributed by atoms with Crippen LogP contribution in [0.25, 0.3) is 0 Å². The SMILES string of the molecule is CN(C)c1cccc(CN=C(N)N2CCCCCC2)n1.I. The van der Waals surface area contributed by atoms with Crippen molar-refractivity contribution in [2.45, 2.75) is 32.2 Å². The van der Waals surface area contributed by atoms with Crippen LogP contribution >= 0.6 is 24.0 Å². The van der Waals surface area contributed by atoms with Gasteiger partial charge in [0, 0.05) is 27.2 Å². The zero-order chi connectivity index (χ0) is 14.4. The predicted octanol–water partition coefficient (Wildman–Crippen LogP) is 2.46. The summed E-state index contributed by atoms with van der Waals surface area (Å²) in [4.78, 5) is 13.2. The smallest absolute Gasteiger partial charge is 0.191 e.